The first-order chi connectivity index (χ1) is 12.4. The van der Waals surface area contributed by atoms with E-state index < -0.39 is 28.5 Å². The first-order valence-corrected chi connectivity index (χ1v) is 10.3. The summed E-state index contributed by atoms with van der Waals surface area (Å²) in [6.45, 7) is 1.32. The van der Waals surface area contributed by atoms with Gasteiger partial charge in [-0.2, -0.15) is 0 Å². The fourth-order valence-corrected chi connectivity index (χ4v) is 4.17. The van der Waals surface area contributed by atoms with Gasteiger partial charge in [-0.3, -0.25) is 9.59 Å². The summed E-state index contributed by atoms with van der Waals surface area (Å²) in [6.07, 6.45) is -0.161. The predicted octanol–water partition coefficient (Wildman–Crippen LogP) is 1.84. The van der Waals surface area contributed by atoms with Gasteiger partial charge in [-0.1, -0.05) is 36.4 Å². The third kappa shape index (κ3) is 6.25. The van der Waals surface area contributed by atoms with Crippen LogP contribution in [-0.2, 0) is 24.3 Å². The zero-order valence-corrected chi connectivity index (χ0v) is 15.8. The number of nitrogens with one attached hydrogen (secondary N) is 2. The topological polar surface area (TPSA) is 102 Å². The van der Waals surface area contributed by atoms with Gasteiger partial charge in [0.2, 0.25) is 10.0 Å². The Labute approximate surface area is 156 Å². The number of esters is 1. The van der Waals surface area contributed by atoms with Crippen LogP contribution in [0.5, 0.6) is 0 Å². The highest BCUT2D eigenvalue weighted by atomic mass is 32.2. The number of thiophene rings is 1. The van der Waals surface area contributed by atoms with Gasteiger partial charge in [0.25, 0.3) is 5.91 Å². The first-order valence-electron chi connectivity index (χ1n) is 7.91. The number of sulfonamides is 1. The van der Waals surface area contributed by atoms with E-state index in [1.54, 1.807) is 11.4 Å². The molecule has 140 valence electrons. The van der Waals surface area contributed by atoms with Gasteiger partial charge in [0.05, 0.1) is 12.5 Å². The molecule has 0 aliphatic heterocycles. The molecule has 7 nitrogen and oxygen atoms in total. The van der Waals surface area contributed by atoms with Gasteiger partial charge in [0.15, 0.2) is 6.61 Å². The van der Waals surface area contributed by atoms with Crippen LogP contribution in [0.4, 0.5) is 0 Å². The Balaban J connectivity index is 1.67. The molecule has 0 fully saturated rings. The van der Waals surface area contributed by atoms with Crippen LogP contribution in [0.2, 0.25) is 0 Å². The van der Waals surface area contributed by atoms with Gasteiger partial charge in [-0.05, 0) is 23.9 Å². The Morgan fingerprint density at radius 1 is 1.15 bits per heavy atom. The Bertz CT molecular complexity index is 820. The molecule has 0 saturated carbocycles. The van der Waals surface area contributed by atoms with Crippen LogP contribution >= 0.6 is 11.3 Å². The Morgan fingerprint density at radius 3 is 2.54 bits per heavy atom. The van der Waals surface area contributed by atoms with Crippen molar-refractivity contribution in [3.05, 3.63) is 53.4 Å². The lowest BCUT2D eigenvalue weighted by Crippen LogP contribution is -2.32. The van der Waals surface area contributed by atoms with E-state index in [1.165, 1.54) is 6.07 Å². The summed E-state index contributed by atoms with van der Waals surface area (Å²) in [6, 6.07) is 12.3. The molecule has 2 N–H and O–H groups in total. The zero-order valence-electron chi connectivity index (χ0n) is 14.2. The molecule has 1 atom stereocenters. The lowest BCUT2D eigenvalue weighted by Gasteiger charge is -2.14. The van der Waals surface area contributed by atoms with Crippen molar-refractivity contribution in [3.8, 4) is 0 Å². The van der Waals surface area contributed by atoms with Crippen molar-refractivity contribution in [1.82, 2.24) is 10.0 Å². The molecule has 0 aliphatic carbocycles. The van der Waals surface area contributed by atoms with E-state index in [1.807, 2.05) is 37.3 Å². The van der Waals surface area contributed by atoms with E-state index in [-0.39, 0.29) is 23.2 Å². The van der Waals surface area contributed by atoms with Crippen molar-refractivity contribution >= 4 is 33.2 Å². The zero-order chi connectivity index (χ0) is 19.0. The monoisotopic (exact) mass is 396 g/mol. The lowest BCUT2D eigenvalue weighted by molar-refractivity contribution is -0.148. The predicted molar refractivity (Wildman–Crippen MR) is 98.1 cm³/mol. The van der Waals surface area contributed by atoms with Gasteiger partial charge in [0, 0.05) is 6.54 Å². The van der Waals surface area contributed by atoms with Crippen LogP contribution in [-0.4, -0.2) is 33.4 Å². The number of amides is 1. The fraction of sp³-hybridized carbons (Fsp3) is 0.294. The van der Waals surface area contributed by atoms with E-state index in [2.05, 4.69) is 10.0 Å². The Hall–Kier alpha value is -2.23. The lowest BCUT2D eigenvalue weighted by atomic mass is 10.1. The molecule has 1 aromatic carbocycles. The normalized spacial score (nSPS) is 12.3. The molecule has 9 heteroatoms. The second kappa shape index (κ2) is 9.46. The van der Waals surface area contributed by atoms with Crippen molar-refractivity contribution in [2.24, 2.45) is 0 Å². The molecule has 0 unspecified atom stereocenters. The van der Waals surface area contributed by atoms with E-state index in [0.717, 1.165) is 16.9 Å². The summed E-state index contributed by atoms with van der Waals surface area (Å²) in [5, 5.41) is 4.37. The highest BCUT2D eigenvalue weighted by molar-refractivity contribution is 7.91. The largest absolute Gasteiger partial charge is 0.456 e. The summed E-state index contributed by atoms with van der Waals surface area (Å²) in [7, 11) is -3.61. The quantitative estimate of drug-likeness (QED) is 0.630. The highest BCUT2D eigenvalue weighted by Crippen LogP contribution is 2.15. The number of carbonyl (C=O) groups is 2. The Morgan fingerprint density at radius 2 is 1.88 bits per heavy atom. The third-order valence-corrected chi connectivity index (χ3v) is 6.28. The molecular formula is C17H20N2O5S2. The molecule has 0 aliphatic rings. The number of hydrogen-bond donors (Lipinski definition) is 2. The molecule has 1 amide bonds. The van der Waals surface area contributed by atoms with Gasteiger partial charge in [-0.25, -0.2) is 13.1 Å². The van der Waals surface area contributed by atoms with Gasteiger partial charge in [0.1, 0.15) is 4.21 Å². The second-order valence-electron chi connectivity index (χ2n) is 5.44. The van der Waals surface area contributed by atoms with Crippen LogP contribution in [0.1, 0.15) is 24.9 Å². The molecule has 0 radical (unpaired) electrons. The molecule has 0 saturated heterocycles. The van der Waals surface area contributed by atoms with Crippen molar-refractivity contribution in [2.45, 2.75) is 23.6 Å². The van der Waals surface area contributed by atoms with E-state index in [4.69, 9.17) is 4.74 Å². The maximum Gasteiger partial charge on any atom is 0.307 e. The van der Waals surface area contributed by atoms with Gasteiger partial charge >= 0.3 is 5.97 Å². The first kappa shape index (κ1) is 20.1. The van der Waals surface area contributed by atoms with Crippen LogP contribution in [0.25, 0.3) is 0 Å². The number of rotatable bonds is 9. The van der Waals surface area contributed by atoms with Crippen molar-refractivity contribution in [1.29, 1.82) is 0 Å². The average Bonchev–Trinajstić information content (AvgIpc) is 3.16. The minimum Gasteiger partial charge on any atom is -0.456 e. The number of ether oxygens (including phenoxy) is 1. The standard InChI is InChI=1S/C17H20N2O5S2/c1-13(14-6-3-2-4-7-14)19-15(20)12-24-16(21)9-10-18-26(22,23)17-8-5-11-25-17/h2-8,11,13,18H,9-10,12H2,1H3,(H,19,20)/t13-/m0/s1. The summed E-state index contributed by atoms with van der Waals surface area (Å²) < 4.78 is 31.1. The van der Waals surface area contributed by atoms with Gasteiger partial charge < -0.3 is 10.1 Å². The molecular weight excluding hydrogens is 376 g/mol. The van der Waals surface area contributed by atoms with Crippen LogP contribution in [0, 0.1) is 0 Å². The molecule has 2 aromatic rings. The third-order valence-electron chi connectivity index (χ3n) is 3.42. The van der Waals surface area contributed by atoms with Crippen molar-refractivity contribution < 1.29 is 22.7 Å². The maximum absolute atomic E-state index is 11.9. The Kier molecular flexibility index (Phi) is 7.31. The summed E-state index contributed by atoms with van der Waals surface area (Å²) >= 11 is 1.09. The molecule has 26 heavy (non-hydrogen) atoms. The maximum atomic E-state index is 11.9. The molecule has 2 rings (SSSR count). The summed E-state index contributed by atoms with van der Waals surface area (Å²) in [5.41, 5.74) is 0.940. The van der Waals surface area contributed by atoms with E-state index in [9.17, 15) is 18.0 Å². The van der Waals surface area contributed by atoms with Crippen molar-refractivity contribution in [3.63, 3.8) is 0 Å². The smallest absolute Gasteiger partial charge is 0.307 e. The summed E-state index contributed by atoms with van der Waals surface area (Å²) in [4.78, 5) is 23.5. The number of hydrogen-bond acceptors (Lipinski definition) is 6. The number of carbonyl (C=O) groups excluding carboxylic acids is 2. The van der Waals surface area contributed by atoms with Crippen LogP contribution < -0.4 is 10.0 Å². The van der Waals surface area contributed by atoms with Crippen molar-refractivity contribution in [2.75, 3.05) is 13.2 Å². The minimum atomic E-state index is -3.61. The average molecular weight is 396 g/mol. The van der Waals surface area contributed by atoms with Crippen LogP contribution in [0.15, 0.2) is 52.1 Å². The SMILES string of the molecule is C[C@H](NC(=O)COC(=O)CCNS(=O)(=O)c1cccs1)c1ccccc1. The summed E-state index contributed by atoms with van der Waals surface area (Å²) in [5.74, 6) is -1.07. The minimum absolute atomic E-state index is 0.0961. The van der Waals surface area contributed by atoms with Crippen LogP contribution in [0.3, 0.4) is 0 Å². The van der Waals surface area contributed by atoms with E-state index >= 15 is 0 Å². The van der Waals surface area contributed by atoms with E-state index in [0.29, 0.717) is 0 Å². The van der Waals surface area contributed by atoms with Gasteiger partial charge in [-0.15, -0.1) is 11.3 Å². The molecule has 0 bridgehead atoms. The number of benzene rings is 1. The fourth-order valence-electron chi connectivity index (χ4n) is 2.10. The molecule has 1 heterocycles. The molecule has 1 aromatic heterocycles. The molecule has 0 spiro atoms. The second-order valence-corrected chi connectivity index (χ2v) is 8.38. The highest BCUT2D eigenvalue weighted by Gasteiger charge is 2.16.